The van der Waals surface area contributed by atoms with Gasteiger partial charge in [-0.3, -0.25) is 9.35 Å². The molecule has 82 valence electrons. The van der Waals surface area contributed by atoms with E-state index in [0.29, 0.717) is 0 Å². The Morgan fingerprint density at radius 2 is 2.00 bits per heavy atom. The van der Waals surface area contributed by atoms with Crippen LogP contribution in [0.15, 0.2) is 12.2 Å². The van der Waals surface area contributed by atoms with Gasteiger partial charge >= 0.3 is 0 Å². The number of Topliss-reactive ketones (excluding diaryl/α,β-unsaturated/α-hetero) is 1. The van der Waals surface area contributed by atoms with Crippen molar-refractivity contribution in [1.82, 2.24) is 0 Å². The molecule has 14 heavy (non-hydrogen) atoms. The van der Waals surface area contributed by atoms with Crippen molar-refractivity contribution in [3.8, 4) is 0 Å². The molecule has 2 N–H and O–H groups in total. The maximum absolute atomic E-state index is 11.0. The van der Waals surface area contributed by atoms with E-state index < -0.39 is 27.8 Å². The second-order valence-electron chi connectivity index (χ2n) is 3.09. The van der Waals surface area contributed by atoms with Crippen molar-refractivity contribution >= 4 is 15.9 Å². The zero-order valence-electron chi connectivity index (χ0n) is 7.93. The summed E-state index contributed by atoms with van der Waals surface area (Å²) in [6.07, 6.45) is -1.18. The summed E-state index contributed by atoms with van der Waals surface area (Å²) in [5.41, 5.74) is 0.226. The van der Waals surface area contributed by atoms with Crippen molar-refractivity contribution in [3.63, 3.8) is 0 Å². The smallest absolute Gasteiger partial charge is 0.264 e. The highest BCUT2D eigenvalue weighted by Gasteiger charge is 2.16. The summed E-state index contributed by atoms with van der Waals surface area (Å²) in [7, 11) is -4.01. The highest BCUT2D eigenvalue weighted by Crippen LogP contribution is 2.04. The molecule has 0 amide bonds. The highest BCUT2D eigenvalue weighted by molar-refractivity contribution is 7.85. The van der Waals surface area contributed by atoms with E-state index in [0.717, 1.165) is 0 Å². The number of rotatable bonds is 6. The van der Waals surface area contributed by atoms with Crippen LogP contribution in [0.3, 0.4) is 0 Å². The molecule has 0 bridgehead atoms. The van der Waals surface area contributed by atoms with Gasteiger partial charge in [0.15, 0.2) is 5.78 Å². The van der Waals surface area contributed by atoms with E-state index in [9.17, 15) is 18.3 Å². The van der Waals surface area contributed by atoms with Crippen LogP contribution < -0.4 is 0 Å². The second-order valence-corrected chi connectivity index (χ2v) is 4.66. The third-order valence-corrected chi connectivity index (χ3v) is 2.41. The van der Waals surface area contributed by atoms with Crippen LogP contribution in [0.2, 0.25) is 0 Å². The molecule has 0 aromatic heterocycles. The summed E-state index contributed by atoms with van der Waals surface area (Å²) in [6.45, 7) is 4.82. The largest absolute Gasteiger partial charge is 0.385 e. The molecule has 0 spiro atoms. The van der Waals surface area contributed by atoms with Gasteiger partial charge in [-0.15, -0.1) is 0 Å². The quantitative estimate of drug-likeness (QED) is 0.493. The van der Waals surface area contributed by atoms with Gasteiger partial charge in [-0.25, -0.2) is 0 Å². The normalized spacial score (nSPS) is 13.6. The Hall–Kier alpha value is -0.720. The van der Waals surface area contributed by atoms with E-state index in [-0.39, 0.29) is 18.4 Å². The number of aliphatic hydroxyl groups is 1. The summed E-state index contributed by atoms with van der Waals surface area (Å²) < 4.78 is 28.9. The SMILES string of the molecule is C=C(C)C(=O)C(O)CCCS(=O)(=O)O. The van der Waals surface area contributed by atoms with Crippen molar-refractivity contribution in [1.29, 1.82) is 0 Å². The van der Waals surface area contributed by atoms with Crippen molar-refractivity contribution < 1.29 is 22.9 Å². The van der Waals surface area contributed by atoms with Crippen molar-refractivity contribution in [2.75, 3.05) is 5.75 Å². The van der Waals surface area contributed by atoms with Crippen LogP contribution >= 0.6 is 0 Å². The van der Waals surface area contributed by atoms with Gasteiger partial charge < -0.3 is 5.11 Å². The standard InChI is InChI=1S/C8H14O5S/c1-6(2)8(10)7(9)4-3-5-14(11,12)13/h7,9H,1,3-5H2,2H3,(H,11,12,13). The molecule has 0 aromatic carbocycles. The minimum absolute atomic E-state index is 0.00544. The Bertz CT molecular complexity index is 317. The molecule has 0 aromatic rings. The molecular weight excluding hydrogens is 208 g/mol. The van der Waals surface area contributed by atoms with Gasteiger partial charge in [0.25, 0.3) is 10.1 Å². The molecule has 6 heteroatoms. The Morgan fingerprint density at radius 1 is 1.50 bits per heavy atom. The van der Waals surface area contributed by atoms with E-state index in [4.69, 9.17) is 4.55 Å². The fourth-order valence-electron chi connectivity index (χ4n) is 0.875. The Morgan fingerprint density at radius 3 is 2.36 bits per heavy atom. The second kappa shape index (κ2) is 5.23. The number of ketones is 1. The lowest BCUT2D eigenvalue weighted by Gasteiger charge is -2.07. The molecule has 5 nitrogen and oxygen atoms in total. The predicted octanol–water partition coefficient (Wildman–Crippen LogP) is 0.161. The van der Waals surface area contributed by atoms with Gasteiger partial charge in [-0.1, -0.05) is 6.58 Å². The molecule has 0 saturated heterocycles. The molecule has 0 saturated carbocycles. The molecular formula is C8H14O5S. The summed E-state index contributed by atoms with van der Waals surface area (Å²) in [5, 5.41) is 9.20. The lowest BCUT2D eigenvalue weighted by atomic mass is 10.1. The molecule has 0 aliphatic rings. The van der Waals surface area contributed by atoms with Gasteiger partial charge in [-0.05, 0) is 25.3 Å². The zero-order valence-corrected chi connectivity index (χ0v) is 8.75. The number of aliphatic hydroxyl groups excluding tert-OH is 1. The van der Waals surface area contributed by atoms with E-state index in [1.54, 1.807) is 0 Å². The number of carbonyl (C=O) groups excluding carboxylic acids is 1. The number of hydrogen-bond acceptors (Lipinski definition) is 4. The summed E-state index contributed by atoms with van der Waals surface area (Å²) in [5.74, 6) is -0.951. The molecule has 1 atom stereocenters. The van der Waals surface area contributed by atoms with Crippen molar-refractivity contribution in [3.05, 3.63) is 12.2 Å². The minimum atomic E-state index is -4.01. The van der Waals surface area contributed by atoms with Crippen LogP contribution in [0.1, 0.15) is 19.8 Å². The van der Waals surface area contributed by atoms with E-state index in [1.807, 2.05) is 0 Å². The van der Waals surface area contributed by atoms with Crippen LogP contribution in [0.5, 0.6) is 0 Å². The predicted molar refractivity (Wildman–Crippen MR) is 51.5 cm³/mol. The summed E-state index contributed by atoms with van der Waals surface area (Å²) in [6, 6.07) is 0. The first-order valence-corrected chi connectivity index (χ1v) is 5.68. The minimum Gasteiger partial charge on any atom is -0.385 e. The maximum atomic E-state index is 11.0. The van der Waals surface area contributed by atoms with Crippen LogP contribution in [0.4, 0.5) is 0 Å². The van der Waals surface area contributed by atoms with Gasteiger partial charge in [0.2, 0.25) is 0 Å². The molecule has 0 fully saturated rings. The molecule has 1 unspecified atom stereocenters. The van der Waals surface area contributed by atoms with Gasteiger partial charge in [0, 0.05) is 0 Å². The van der Waals surface area contributed by atoms with E-state index >= 15 is 0 Å². The maximum Gasteiger partial charge on any atom is 0.264 e. The Kier molecular flexibility index (Phi) is 4.96. The first-order chi connectivity index (χ1) is 6.24. The van der Waals surface area contributed by atoms with Crippen LogP contribution in [-0.4, -0.2) is 35.7 Å². The molecule has 0 aliphatic heterocycles. The first kappa shape index (κ1) is 13.3. The number of carbonyl (C=O) groups is 1. The monoisotopic (exact) mass is 222 g/mol. The Balaban J connectivity index is 3.92. The first-order valence-electron chi connectivity index (χ1n) is 4.07. The fraction of sp³-hybridized carbons (Fsp3) is 0.625. The third-order valence-electron chi connectivity index (χ3n) is 1.60. The topological polar surface area (TPSA) is 91.7 Å². The average Bonchev–Trinajstić information content (AvgIpc) is 2.00. The summed E-state index contributed by atoms with van der Waals surface area (Å²) >= 11 is 0. The third kappa shape index (κ3) is 5.85. The molecule has 0 heterocycles. The molecule has 0 aliphatic carbocycles. The average molecular weight is 222 g/mol. The molecule has 0 radical (unpaired) electrons. The van der Waals surface area contributed by atoms with Crippen LogP contribution in [-0.2, 0) is 14.9 Å². The van der Waals surface area contributed by atoms with Crippen molar-refractivity contribution in [2.24, 2.45) is 0 Å². The Labute approximate surface area is 83.2 Å². The molecule has 0 rings (SSSR count). The highest BCUT2D eigenvalue weighted by atomic mass is 32.2. The van der Waals surface area contributed by atoms with Crippen LogP contribution in [0.25, 0.3) is 0 Å². The van der Waals surface area contributed by atoms with E-state index in [2.05, 4.69) is 6.58 Å². The number of hydrogen-bond donors (Lipinski definition) is 2. The lowest BCUT2D eigenvalue weighted by Crippen LogP contribution is -2.21. The van der Waals surface area contributed by atoms with Gasteiger partial charge in [0.05, 0.1) is 5.75 Å². The zero-order chi connectivity index (χ0) is 11.4. The van der Waals surface area contributed by atoms with Crippen molar-refractivity contribution in [2.45, 2.75) is 25.9 Å². The van der Waals surface area contributed by atoms with Gasteiger partial charge in [0.1, 0.15) is 6.10 Å². The fourth-order valence-corrected chi connectivity index (χ4v) is 1.41. The van der Waals surface area contributed by atoms with Crippen LogP contribution in [0, 0.1) is 0 Å². The summed E-state index contributed by atoms with van der Waals surface area (Å²) in [4.78, 5) is 11.0. The van der Waals surface area contributed by atoms with Gasteiger partial charge in [-0.2, -0.15) is 8.42 Å². The lowest BCUT2D eigenvalue weighted by molar-refractivity contribution is -0.123. The van der Waals surface area contributed by atoms with E-state index in [1.165, 1.54) is 6.92 Å².